The van der Waals surface area contributed by atoms with Crippen molar-refractivity contribution in [3.63, 3.8) is 0 Å². The van der Waals surface area contributed by atoms with Crippen molar-refractivity contribution in [2.45, 2.75) is 39.2 Å². The summed E-state index contributed by atoms with van der Waals surface area (Å²) < 4.78 is 4.99. The van der Waals surface area contributed by atoms with Crippen molar-refractivity contribution < 1.29 is 14.3 Å². The van der Waals surface area contributed by atoms with Crippen LogP contribution in [0.2, 0.25) is 0 Å². The number of hydrogen-bond donors (Lipinski definition) is 0. The number of carbonyl (C=O) groups excluding carboxylic acids is 2. The monoisotopic (exact) mass is 170 g/mol. The molecule has 0 aromatic carbocycles. The van der Waals surface area contributed by atoms with Crippen LogP contribution in [0, 0.1) is 5.92 Å². The lowest BCUT2D eigenvalue weighted by atomic mass is 9.99. The Labute approximate surface area is 72.1 Å². The molecule has 0 aliphatic carbocycles. The first-order chi connectivity index (χ1) is 5.63. The van der Waals surface area contributed by atoms with Crippen molar-refractivity contribution in [2.75, 3.05) is 0 Å². The second-order valence-electron chi connectivity index (χ2n) is 3.31. The lowest BCUT2D eigenvalue weighted by Crippen LogP contribution is -2.17. The smallest absolute Gasteiger partial charge is 0.306 e. The zero-order valence-corrected chi connectivity index (χ0v) is 7.50. The zero-order valence-electron chi connectivity index (χ0n) is 7.50. The van der Waals surface area contributed by atoms with Crippen LogP contribution in [-0.4, -0.2) is 17.9 Å². The highest BCUT2D eigenvalue weighted by molar-refractivity contribution is 5.80. The number of ether oxygens (including phenoxy) is 1. The van der Waals surface area contributed by atoms with E-state index in [1.807, 2.05) is 13.8 Å². The van der Waals surface area contributed by atoms with Crippen LogP contribution < -0.4 is 0 Å². The average Bonchev–Trinajstić information content (AvgIpc) is 2.30. The Balaban J connectivity index is 2.42. The molecule has 0 N–H and O–H groups in total. The SMILES string of the molecule is CCC(=O)C[C@@H]1OC(=O)C[C@H]1C. The van der Waals surface area contributed by atoms with E-state index in [-0.39, 0.29) is 23.8 Å². The van der Waals surface area contributed by atoms with Crippen molar-refractivity contribution in [1.29, 1.82) is 0 Å². The predicted molar refractivity (Wildman–Crippen MR) is 43.6 cm³/mol. The van der Waals surface area contributed by atoms with Crippen LogP contribution in [0.3, 0.4) is 0 Å². The minimum Gasteiger partial charge on any atom is -0.462 e. The van der Waals surface area contributed by atoms with Crippen LogP contribution in [0.4, 0.5) is 0 Å². The van der Waals surface area contributed by atoms with Gasteiger partial charge in [-0.05, 0) is 0 Å². The topological polar surface area (TPSA) is 43.4 Å². The molecule has 0 bridgehead atoms. The Bertz CT molecular complexity index is 198. The Kier molecular flexibility index (Phi) is 2.84. The van der Waals surface area contributed by atoms with Gasteiger partial charge in [0.25, 0.3) is 0 Å². The van der Waals surface area contributed by atoms with Gasteiger partial charge in [-0.1, -0.05) is 13.8 Å². The van der Waals surface area contributed by atoms with Crippen molar-refractivity contribution >= 4 is 11.8 Å². The van der Waals surface area contributed by atoms with Gasteiger partial charge in [-0.2, -0.15) is 0 Å². The van der Waals surface area contributed by atoms with Gasteiger partial charge in [-0.15, -0.1) is 0 Å². The summed E-state index contributed by atoms with van der Waals surface area (Å²) >= 11 is 0. The summed E-state index contributed by atoms with van der Waals surface area (Å²) in [6, 6.07) is 0. The summed E-state index contributed by atoms with van der Waals surface area (Å²) in [6.45, 7) is 3.77. The minimum absolute atomic E-state index is 0.162. The quantitative estimate of drug-likeness (QED) is 0.600. The van der Waals surface area contributed by atoms with Crippen LogP contribution >= 0.6 is 0 Å². The molecule has 1 fully saturated rings. The van der Waals surface area contributed by atoms with Gasteiger partial charge in [0.15, 0.2) is 0 Å². The normalized spacial score (nSPS) is 28.7. The van der Waals surface area contributed by atoms with Crippen molar-refractivity contribution in [1.82, 2.24) is 0 Å². The van der Waals surface area contributed by atoms with Gasteiger partial charge in [-0.3, -0.25) is 9.59 Å². The maximum absolute atomic E-state index is 11.0. The molecule has 3 heteroatoms. The van der Waals surface area contributed by atoms with E-state index in [4.69, 9.17) is 4.74 Å². The fourth-order valence-electron chi connectivity index (χ4n) is 1.34. The lowest BCUT2D eigenvalue weighted by Gasteiger charge is -2.11. The molecule has 1 rings (SSSR count). The number of Topliss-reactive ketones (excluding diaryl/α,β-unsaturated/α-hetero) is 1. The summed E-state index contributed by atoms with van der Waals surface area (Å²) in [5, 5.41) is 0. The standard InChI is InChI=1S/C9H14O3/c1-3-7(10)5-8-6(2)4-9(11)12-8/h6,8H,3-5H2,1-2H3/t6-,8+/m1/s1. The Morgan fingerprint density at radius 3 is 2.75 bits per heavy atom. The molecule has 0 spiro atoms. The van der Waals surface area contributed by atoms with Gasteiger partial charge in [-0.25, -0.2) is 0 Å². The molecule has 68 valence electrons. The number of hydrogen-bond acceptors (Lipinski definition) is 3. The van der Waals surface area contributed by atoms with Crippen molar-refractivity contribution in [2.24, 2.45) is 5.92 Å². The third kappa shape index (κ3) is 2.06. The molecule has 0 amide bonds. The maximum atomic E-state index is 11.0. The number of esters is 1. The highest BCUT2D eigenvalue weighted by atomic mass is 16.5. The first kappa shape index (κ1) is 9.23. The van der Waals surface area contributed by atoms with E-state index in [1.165, 1.54) is 0 Å². The summed E-state index contributed by atoms with van der Waals surface area (Å²) in [4.78, 5) is 21.8. The van der Waals surface area contributed by atoms with Crippen LogP contribution in [0.1, 0.15) is 33.1 Å². The van der Waals surface area contributed by atoms with E-state index in [0.29, 0.717) is 19.3 Å². The van der Waals surface area contributed by atoms with Crippen molar-refractivity contribution in [3.05, 3.63) is 0 Å². The second-order valence-corrected chi connectivity index (χ2v) is 3.31. The molecule has 1 aliphatic rings. The van der Waals surface area contributed by atoms with Gasteiger partial charge in [0.2, 0.25) is 0 Å². The second kappa shape index (κ2) is 3.70. The summed E-state index contributed by atoms with van der Waals surface area (Å²) in [5.74, 6) is 0.200. The fourth-order valence-corrected chi connectivity index (χ4v) is 1.34. The van der Waals surface area contributed by atoms with E-state index in [1.54, 1.807) is 0 Å². The molecule has 1 saturated heterocycles. The Morgan fingerprint density at radius 2 is 2.33 bits per heavy atom. The molecule has 2 atom stereocenters. The van der Waals surface area contributed by atoms with Crippen LogP contribution in [0.25, 0.3) is 0 Å². The number of ketones is 1. The molecule has 12 heavy (non-hydrogen) atoms. The highest BCUT2D eigenvalue weighted by Crippen LogP contribution is 2.24. The van der Waals surface area contributed by atoms with E-state index in [2.05, 4.69) is 0 Å². The highest BCUT2D eigenvalue weighted by Gasteiger charge is 2.32. The maximum Gasteiger partial charge on any atom is 0.306 e. The summed E-state index contributed by atoms with van der Waals surface area (Å²) in [5.41, 5.74) is 0. The molecule has 0 aromatic rings. The molecular formula is C9H14O3. The third-order valence-electron chi connectivity index (χ3n) is 2.23. The molecule has 0 aromatic heterocycles. The Hall–Kier alpha value is -0.860. The van der Waals surface area contributed by atoms with Gasteiger partial charge in [0.05, 0.1) is 6.42 Å². The van der Waals surface area contributed by atoms with Crippen LogP contribution in [0.5, 0.6) is 0 Å². The van der Waals surface area contributed by atoms with E-state index < -0.39 is 0 Å². The number of rotatable bonds is 3. The first-order valence-corrected chi connectivity index (χ1v) is 4.34. The Morgan fingerprint density at radius 1 is 1.67 bits per heavy atom. The zero-order chi connectivity index (χ0) is 9.14. The predicted octanol–water partition coefficient (Wildman–Crippen LogP) is 1.31. The lowest BCUT2D eigenvalue weighted by molar-refractivity contribution is -0.142. The first-order valence-electron chi connectivity index (χ1n) is 4.34. The fraction of sp³-hybridized carbons (Fsp3) is 0.778. The molecule has 1 heterocycles. The largest absolute Gasteiger partial charge is 0.462 e. The van der Waals surface area contributed by atoms with Gasteiger partial charge in [0.1, 0.15) is 11.9 Å². The molecule has 1 aliphatic heterocycles. The molecule has 0 saturated carbocycles. The van der Waals surface area contributed by atoms with Gasteiger partial charge < -0.3 is 4.74 Å². The summed E-state index contributed by atoms with van der Waals surface area (Å²) in [6.07, 6.45) is 1.22. The molecule has 3 nitrogen and oxygen atoms in total. The van der Waals surface area contributed by atoms with E-state index >= 15 is 0 Å². The molecule has 0 unspecified atom stereocenters. The van der Waals surface area contributed by atoms with E-state index in [0.717, 1.165) is 0 Å². The average molecular weight is 170 g/mol. The third-order valence-corrected chi connectivity index (χ3v) is 2.23. The molecular weight excluding hydrogens is 156 g/mol. The number of carbonyl (C=O) groups is 2. The van der Waals surface area contributed by atoms with Crippen LogP contribution in [0.15, 0.2) is 0 Å². The number of cyclic esters (lactones) is 1. The minimum atomic E-state index is -0.170. The van der Waals surface area contributed by atoms with Crippen molar-refractivity contribution in [3.8, 4) is 0 Å². The van der Waals surface area contributed by atoms with Crippen LogP contribution in [-0.2, 0) is 14.3 Å². The van der Waals surface area contributed by atoms with Gasteiger partial charge >= 0.3 is 5.97 Å². The summed E-state index contributed by atoms with van der Waals surface area (Å²) in [7, 11) is 0. The van der Waals surface area contributed by atoms with Gasteiger partial charge in [0, 0.05) is 18.8 Å². The molecule has 0 radical (unpaired) electrons. The van der Waals surface area contributed by atoms with E-state index in [9.17, 15) is 9.59 Å².